The lowest BCUT2D eigenvalue weighted by molar-refractivity contribution is -0.116. The fraction of sp³-hybridized carbons (Fsp3) is 0.217. The number of fused-ring (bicyclic) bond motifs is 1. The third-order valence-electron chi connectivity index (χ3n) is 4.91. The molecule has 0 radical (unpaired) electrons. The van der Waals surface area contributed by atoms with Crippen molar-refractivity contribution in [3.05, 3.63) is 77.8 Å². The maximum atomic E-state index is 12.1. The minimum Gasteiger partial charge on any atom is -0.439 e. The number of aryl methyl sites for hydroxylation is 1. The largest absolute Gasteiger partial charge is 0.439 e. The van der Waals surface area contributed by atoms with Crippen molar-refractivity contribution in [1.29, 1.82) is 0 Å². The van der Waals surface area contributed by atoms with E-state index in [-0.39, 0.29) is 12.5 Å². The highest BCUT2D eigenvalue weighted by molar-refractivity contribution is 5.91. The number of amides is 1. The zero-order valence-electron chi connectivity index (χ0n) is 15.9. The molecule has 28 heavy (non-hydrogen) atoms. The smallest absolute Gasteiger partial charge is 0.244 e. The third-order valence-corrected chi connectivity index (χ3v) is 4.91. The lowest BCUT2D eigenvalue weighted by Gasteiger charge is -2.27. The van der Waals surface area contributed by atoms with E-state index >= 15 is 0 Å². The van der Waals surface area contributed by atoms with Gasteiger partial charge in [-0.1, -0.05) is 36.4 Å². The van der Waals surface area contributed by atoms with E-state index in [4.69, 9.17) is 4.42 Å². The molecule has 1 aromatic heterocycles. The summed E-state index contributed by atoms with van der Waals surface area (Å²) >= 11 is 0. The van der Waals surface area contributed by atoms with E-state index in [2.05, 4.69) is 34.4 Å². The topological polar surface area (TPSA) is 58.4 Å². The second-order valence-corrected chi connectivity index (χ2v) is 6.95. The van der Waals surface area contributed by atoms with Gasteiger partial charge in [0.05, 0.1) is 12.7 Å². The summed E-state index contributed by atoms with van der Waals surface area (Å²) in [4.78, 5) is 18.6. The van der Waals surface area contributed by atoms with Crippen molar-refractivity contribution in [3.8, 4) is 11.3 Å². The Morgan fingerprint density at radius 2 is 2.11 bits per heavy atom. The predicted octanol–water partition coefficient (Wildman–Crippen LogP) is 4.05. The van der Waals surface area contributed by atoms with Gasteiger partial charge in [0.2, 0.25) is 11.8 Å². The summed E-state index contributed by atoms with van der Waals surface area (Å²) in [6.45, 7) is 1.35. The van der Waals surface area contributed by atoms with Crippen molar-refractivity contribution in [3.63, 3.8) is 0 Å². The number of nitrogens with zero attached hydrogens (tertiary/aromatic N) is 2. The molecule has 0 aliphatic carbocycles. The van der Waals surface area contributed by atoms with E-state index < -0.39 is 0 Å². The second-order valence-electron chi connectivity index (χ2n) is 6.95. The van der Waals surface area contributed by atoms with Crippen molar-refractivity contribution >= 4 is 17.7 Å². The molecule has 1 amide bonds. The number of carbonyl (C=O) groups excluding carboxylic acids is 1. The van der Waals surface area contributed by atoms with Gasteiger partial charge in [-0.3, -0.25) is 4.79 Å². The average Bonchev–Trinajstić information content (AvgIpc) is 3.21. The number of oxazole rings is 1. The molecule has 0 saturated carbocycles. The first-order valence-corrected chi connectivity index (χ1v) is 9.49. The molecule has 1 N–H and O–H groups in total. The highest BCUT2D eigenvalue weighted by Gasteiger charge is 2.13. The van der Waals surface area contributed by atoms with Gasteiger partial charge in [-0.2, -0.15) is 0 Å². The zero-order valence-corrected chi connectivity index (χ0v) is 15.9. The number of nitrogens with one attached hydrogen (secondary N) is 1. The number of hydrogen-bond donors (Lipinski definition) is 1. The molecule has 0 atom stereocenters. The molecule has 1 aliphatic heterocycles. The standard InChI is InChI=1S/C23H23N3O2/c1-26-13-5-8-19-14-17(9-11-20(19)26)10-12-22(27)24-16-23-25-15-21(28-23)18-6-3-2-4-7-18/h2-4,6-7,9-12,14-15H,5,8,13,16H2,1H3,(H,24,27). The van der Waals surface area contributed by atoms with Gasteiger partial charge in [-0.25, -0.2) is 4.98 Å². The number of rotatable bonds is 5. The number of anilines is 1. The summed E-state index contributed by atoms with van der Waals surface area (Å²) < 4.78 is 5.70. The molecule has 5 heteroatoms. The predicted molar refractivity (Wildman–Crippen MR) is 111 cm³/mol. The van der Waals surface area contributed by atoms with Gasteiger partial charge in [0.1, 0.15) is 0 Å². The van der Waals surface area contributed by atoms with Crippen LogP contribution in [0.4, 0.5) is 5.69 Å². The molecule has 0 bridgehead atoms. The Labute approximate surface area is 164 Å². The summed E-state index contributed by atoms with van der Waals surface area (Å²) in [5.41, 5.74) is 4.62. The first-order valence-electron chi connectivity index (χ1n) is 9.49. The summed E-state index contributed by atoms with van der Waals surface area (Å²) in [6.07, 6.45) is 7.32. The fourth-order valence-electron chi connectivity index (χ4n) is 3.43. The Kier molecular flexibility index (Phi) is 5.24. The van der Waals surface area contributed by atoms with E-state index in [9.17, 15) is 4.79 Å². The number of carbonyl (C=O) groups is 1. The van der Waals surface area contributed by atoms with Crippen LogP contribution in [-0.2, 0) is 17.8 Å². The molecule has 2 heterocycles. The maximum absolute atomic E-state index is 12.1. The molecule has 1 aliphatic rings. The van der Waals surface area contributed by atoms with Gasteiger partial charge >= 0.3 is 0 Å². The van der Waals surface area contributed by atoms with Crippen LogP contribution in [0.3, 0.4) is 0 Å². The fourth-order valence-corrected chi connectivity index (χ4v) is 3.43. The van der Waals surface area contributed by atoms with Crippen LogP contribution in [0.2, 0.25) is 0 Å². The van der Waals surface area contributed by atoms with Gasteiger partial charge < -0.3 is 14.6 Å². The Hall–Kier alpha value is -3.34. The average molecular weight is 373 g/mol. The zero-order chi connectivity index (χ0) is 19.3. The Balaban J connectivity index is 1.34. The Morgan fingerprint density at radius 1 is 1.25 bits per heavy atom. The van der Waals surface area contributed by atoms with E-state index in [1.165, 1.54) is 11.3 Å². The normalized spacial score (nSPS) is 13.5. The van der Waals surface area contributed by atoms with Crippen LogP contribution in [0.1, 0.15) is 23.4 Å². The molecular formula is C23H23N3O2. The van der Waals surface area contributed by atoms with Gasteiger partial charge in [0, 0.05) is 30.9 Å². The molecule has 0 fully saturated rings. The van der Waals surface area contributed by atoms with Crippen molar-refractivity contribution < 1.29 is 9.21 Å². The van der Waals surface area contributed by atoms with Crippen LogP contribution in [0.25, 0.3) is 17.4 Å². The van der Waals surface area contributed by atoms with Crippen LogP contribution < -0.4 is 10.2 Å². The second kappa shape index (κ2) is 8.13. The van der Waals surface area contributed by atoms with Gasteiger partial charge in [0.25, 0.3) is 0 Å². The molecule has 3 aromatic rings. The lowest BCUT2D eigenvalue weighted by Crippen LogP contribution is -2.24. The quantitative estimate of drug-likeness (QED) is 0.686. The van der Waals surface area contributed by atoms with Crippen molar-refractivity contribution in [2.75, 3.05) is 18.5 Å². The molecular weight excluding hydrogens is 350 g/mol. The first-order chi connectivity index (χ1) is 13.7. The minimum atomic E-state index is -0.172. The van der Waals surface area contributed by atoms with Crippen molar-refractivity contribution in [1.82, 2.24) is 10.3 Å². The number of hydrogen-bond acceptors (Lipinski definition) is 4. The molecule has 0 spiro atoms. The van der Waals surface area contributed by atoms with E-state index in [0.29, 0.717) is 11.7 Å². The van der Waals surface area contributed by atoms with Crippen LogP contribution in [0, 0.1) is 0 Å². The molecule has 2 aromatic carbocycles. The third kappa shape index (κ3) is 4.14. The number of aromatic nitrogens is 1. The van der Waals surface area contributed by atoms with Crippen LogP contribution >= 0.6 is 0 Å². The molecule has 0 unspecified atom stereocenters. The minimum absolute atomic E-state index is 0.172. The van der Waals surface area contributed by atoms with E-state index in [1.54, 1.807) is 12.3 Å². The molecule has 5 nitrogen and oxygen atoms in total. The Bertz CT molecular complexity index is 992. The van der Waals surface area contributed by atoms with Crippen molar-refractivity contribution in [2.24, 2.45) is 0 Å². The molecule has 0 saturated heterocycles. The lowest BCUT2D eigenvalue weighted by atomic mass is 9.99. The summed E-state index contributed by atoms with van der Waals surface area (Å²) in [6, 6.07) is 16.1. The van der Waals surface area contributed by atoms with E-state index in [0.717, 1.165) is 30.5 Å². The maximum Gasteiger partial charge on any atom is 0.244 e. The van der Waals surface area contributed by atoms with Crippen molar-refractivity contribution in [2.45, 2.75) is 19.4 Å². The summed E-state index contributed by atoms with van der Waals surface area (Å²) in [7, 11) is 2.12. The van der Waals surface area contributed by atoms with Crippen LogP contribution in [-0.4, -0.2) is 24.5 Å². The highest BCUT2D eigenvalue weighted by atomic mass is 16.4. The SMILES string of the molecule is CN1CCCc2cc(C=CC(=O)NCc3ncc(-c4ccccc4)o3)ccc21. The van der Waals surface area contributed by atoms with Gasteiger partial charge in [-0.15, -0.1) is 0 Å². The number of benzene rings is 2. The van der Waals surface area contributed by atoms with Crippen LogP contribution in [0.5, 0.6) is 0 Å². The van der Waals surface area contributed by atoms with Crippen LogP contribution in [0.15, 0.2) is 65.2 Å². The monoisotopic (exact) mass is 373 g/mol. The Morgan fingerprint density at radius 3 is 2.96 bits per heavy atom. The highest BCUT2D eigenvalue weighted by Crippen LogP contribution is 2.27. The molecule has 142 valence electrons. The van der Waals surface area contributed by atoms with Gasteiger partial charge in [0.15, 0.2) is 5.76 Å². The van der Waals surface area contributed by atoms with Gasteiger partial charge in [-0.05, 0) is 42.2 Å². The van der Waals surface area contributed by atoms with E-state index in [1.807, 2.05) is 42.5 Å². The summed E-state index contributed by atoms with van der Waals surface area (Å²) in [5.74, 6) is 1.01. The first kappa shape index (κ1) is 18.0. The summed E-state index contributed by atoms with van der Waals surface area (Å²) in [5, 5.41) is 2.81. The molecule has 4 rings (SSSR count).